The van der Waals surface area contributed by atoms with Crippen LogP contribution in [0, 0.1) is 11.8 Å². The third-order valence-electron chi connectivity index (χ3n) is 3.80. The highest BCUT2D eigenvalue weighted by molar-refractivity contribution is 5.88. The molecule has 4 nitrogen and oxygen atoms in total. The summed E-state index contributed by atoms with van der Waals surface area (Å²) < 4.78 is 5.61. The van der Waals surface area contributed by atoms with Crippen molar-refractivity contribution in [3.63, 3.8) is 0 Å². The van der Waals surface area contributed by atoms with Crippen LogP contribution in [0.3, 0.4) is 0 Å². The van der Waals surface area contributed by atoms with Gasteiger partial charge in [-0.15, -0.1) is 0 Å². The molecule has 0 aromatic carbocycles. The zero-order valence-corrected chi connectivity index (χ0v) is 13.3. The van der Waals surface area contributed by atoms with Gasteiger partial charge >= 0.3 is 0 Å². The number of amides is 1. The van der Waals surface area contributed by atoms with Crippen molar-refractivity contribution in [2.45, 2.75) is 59.7 Å². The van der Waals surface area contributed by atoms with E-state index in [2.05, 4.69) is 39.9 Å². The van der Waals surface area contributed by atoms with Crippen molar-refractivity contribution in [2.75, 3.05) is 19.8 Å². The highest BCUT2D eigenvalue weighted by atomic mass is 16.5. The molecule has 112 valence electrons. The number of nitrogens with one attached hydrogen (secondary N) is 1. The van der Waals surface area contributed by atoms with Gasteiger partial charge in [0.25, 0.3) is 0 Å². The molecule has 0 aliphatic carbocycles. The number of rotatable bonds is 7. The molecule has 19 heavy (non-hydrogen) atoms. The maximum absolute atomic E-state index is 12.5. The Hall–Kier alpha value is -0.610. The largest absolute Gasteiger partial charge is 0.379 e. The number of ether oxygens (including phenoxy) is 1. The fourth-order valence-electron chi connectivity index (χ4n) is 2.41. The van der Waals surface area contributed by atoms with Gasteiger partial charge < -0.3 is 9.64 Å². The van der Waals surface area contributed by atoms with Gasteiger partial charge in [0.05, 0.1) is 18.3 Å². The second-order valence-electron chi connectivity index (χ2n) is 6.49. The van der Waals surface area contributed by atoms with Crippen molar-refractivity contribution >= 4 is 5.91 Å². The highest BCUT2D eigenvalue weighted by Crippen LogP contribution is 2.26. The fourth-order valence-corrected chi connectivity index (χ4v) is 2.41. The lowest BCUT2D eigenvalue weighted by atomic mass is 9.99. The number of carbonyl (C=O) groups excluding carboxylic acids is 1. The Kier molecular flexibility index (Phi) is 5.81. The lowest BCUT2D eigenvalue weighted by molar-refractivity contribution is -0.134. The highest BCUT2D eigenvalue weighted by Gasteiger charge is 2.47. The number of carbonyl (C=O) groups is 1. The van der Waals surface area contributed by atoms with Crippen LogP contribution >= 0.6 is 0 Å². The van der Waals surface area contributed by atoms with Gasteiger partial charge in [0.15, 0.2) is 0 Å². The van der Waals surface area contributed by atoms with E-state index in [0.717, 1.165) is 13.0 Å². The van der Waals surface area contributed by atoms with Gasteiger partial charge in [0, 0.05) is 13.2 Å². The molecule has 4 heteroatoms. The molecule has 0 radical (unpaired) electrons. The number of hydrogen-bond acceptors (Lipinski definition) is 3. The van der Waals surface area contributed by atoms with Crippen LogP contribution in [-0.4, -0.2) is 42.3 Å². The van der Waals surface area contributed by atoms with E-state index in [-0.39, 0.29) is 12.1 Å². The molecule has 1 rings (SSSR count). The van der Waals surface area contributed by atoms with Gasteiger partial charge in [-0.05, 0) is 25.2 Å². The van der Waals surface area contributed by atoms with Crippen LogP contribution in [0.1, 0.15) is 48.0 Å². The summed E-state index contributed by atoms with van der Waals surface area (Å²) in [7, 11) is 0. The van der Waals surface area contributed by atoms with Crippen molar-refractivity contribution in [1.29, 1.82) is 0 Å². The Morgan fingerprint density at radius 2 is 2.00 bits per heavy atom. The van der Waals surface area contributed by atoms with Crippen molar-refractivity contribution in [1.82, 2.24) is 10.2 Å². The molecule has 2 unspecified atom stereocenters. The first-order valence-electron chi connectivity index (χ1n) is 7.48. The average molecular weight is 270 g/mol. The zero-order chi connectivity index (χ0) is 14.6. The van der Waals surface area contributed by atoms with Crippen LogP contribution in [0.2, 0.25) is 0 Å². The summed E-state index contributed by atoms with van der Waals surface area (Å²) in [4.78, 5) is 14.5. The summed E-state index contributed by atoms with van der Waals surface area (Å²) in [5, 5.41) is 3.49. The molecule has 1 amide bonds. The lowest BCUT2D eigenvalue weighted by Crippen LogP contribution is -2.45. The van der Waals surface area contributed by atoms with Gasteiger partial charge in [-0.1, -0.05) is 34.6 Å². The van der Waals surface area contributed by atoms with E-state index in [1.165, 1.54) is 0 Å². The first-order chi connectivity index (χ1) is 8.81. The van der Waals surface area contributed by atoms with Crippen molar-refractivity contribution in [3.8, 4) is 0 Å². The minimum absolute atomic E-state index is 0.125. The Balaban J connectivity index is 2.60. The van der Waals surface area contributed by atoms with Crippen LogP contribution in [0.5, 0.6) is 0 Å². The van der Waals surface area contributed by atoms with Crippen LogP contribution < -0.4 is 5.32 Å². The SMILES string of the molecule is CCC1(C)NC(C(C)C)N(CCOCC(C)C)C1=O. The molecule has 1 saturated heterocycles. The van der Waals surface area contributed by atoms with E-state index in [9.17, 15) is 4.79 Å². The molecule has 1 heterocycles. The van der Waals surface area contributed by atoms with Crippen LogP contribution in [0.4, 0.5) is 0 Å². The lowest BCUT2D eigenvalue weighted by Gasteiger charge is -2.27. The van der Waals surface area contributed by atoms with E-state index in [1.807, 2.05) is 11.8 Å². The molecule has 0 spiro atoms. The summed E-state index contributed by atoms with van der Waals surface area (Å²) >= 11 is 0. The van der Waals surface area contributed by atoms with Gasteiger partial charge in [-0.3, -0.25) is 10.1 Å². The second kappa shape index (κ2) is 6.71. The third-order valence-corrected chi connectivity index (χ3v) is 3.80. The fraction of sp³-hybridized carbons (Fsp3) is 0.933. The van der Waals surface area contributed by atoms with E-state index < -0.39 is 5.54 Å². The van der Waals surface area contributed by atoms with Crippen LogP contribution in [-0.2, 0) is 9.53 Å². The van der Waals surface area contributed by atoms with E-state index in [0.29, 0.717) is 25.0 Å². The molecule has 1 N–H and O–H groups in total. The summed E-state index contributed by atoms with van der Waals surface area (Å²) in [6, 6.07) is 0. The summed E-state index contributed by atoms with van der Waals surface area (Å²) in [6.07, 6.45) is 0.943. The maximum Gasteiger partial charge on any atom is 0.243 e. The smallest absolute Gasteiger partial charge is 0.243 e. The Morgan fingerprint density at radius 1 is 1.37 bits per heavy atom. The van der Waals surface area contributed by atoms with Crippen molar-refractivity contribution in [3.05, 3.63) is 0 Å². The Labute approximate surface area is 117 Å². The third kappa shape index (κ3) is 3.93. The number of hydrogen-bond donors (Lipinski definition) is 1. The molecule has 1 aliphatic heterocycles. The minimum Gasteiger partial charge on any atom is -0.379 e. The van der Waals surface area contributed by atoms with E-state index in [4.69, 9.17) is 4.74 Å². The molecular formula is C15H30N2O2. The second-order valence-corrected chi connectivity index (χ2v) is 6.49. The molecular weight excluding hydrogens is 240 g/mol. The molecule has 1 fully saturated rings. The summed E-state index contributed by atoms with van der Waals surface area (Å²) in [6.45, 7) is 14.7. The summed E-state index contributed by atoms with van der Waals surface area (Å²) in [5.74, 6) is 1.15. The number of nitrogens with zero attached hydrogens (tertiary/aromatic N) is 1. The quantitative estimate of drug-likeness (QED) is 0.721. The Bertz CT molecular complexity index is 305. The zero-order valence-electron chi connectivity index (χ0n) is 13.3. The monoisotopic (exact) mass is 270 g/mol. The Morgan fingerprint density at radius 3 is 2.47 bits per heavy atom. The van der Waals surface area contributed by atoms with Gasteiger partial charge in [-0.25, -0.2) is 0 Å². The molecule has 0 aromatic heterocycles. The molecule has 0 aromatic rings. The van der Waals surface area contributed by atoms with Crippen molar-refractivity contribution < 1.29 is 9.53 Å². The normalized spacial score (nSPS) is 27.9. The van der Waals surface area contributed by atoms with Crippen molar-refractivity contribution in [2.24, 2.45) is 11.8 Å². The predicted octanol–water partition coefficient (Wildman–Crippen LogP) is 2.24. The minimum atomic E-state index is -0.410. The van der Waals surface area contributed by atoms with E-state index >= 15 is 0 Å². The van der Waals surface area contributed by atoms with Gasteiger partial charge in [0.2, 0.25) is 5.91 Å². The van der Waals surface area contributed by atoms with E-state index in [1.54, 1.807) is 0 Å². The van der Waals surface area contributed by atoms with Crippen LogP contribution in [0.25, 0.3) is 0 Å². The molecule has 1 aliphatic rings. The van der Waals surface area contributed by atoms with Crippen LogP contribution in [0.15, 0.2) is 0 Å². The van der Waals surface area contributed by atoms with Gasteiger partial charge in [0.1, 0.15) is 0 Å². The average Bonchev–Trinajstić information content (AvgIpc) is 2.59. The molecule has 0 bridgehead atoms. The topological polar surface area (TPSA) is 41.6 Å². The standard InChI is InChI=1S/C15H30N2O2/c1-7-15(6)14(18)17(13(16-15)12(4)5)8-9-19-10-11(2)3/h11-13,16H,7-10H2,1-6H3. The maximum atomic E-state index is 12.5. The molecule has 0 saturated carbocycles. The first-order valence-corrected chi connectivity index (χ1v) is 7.48. The first kappa shape index (κ1) is 16.4. The molecule has 2 atom stereocenters. The summed E-state index contributed by atoms with van der Waals surface area (Å²) in [5.41, 5.74) is -0.410. The van der Waals surface area contributed by atoms with Gasteiger partial charge in [-0.2, -0.15) is 0 Å². The predicted molar refractivity (Wildman–Crippen MR) is 77.8 cm³/mol.